The van der Waals surface area contributed by atoms with Crippen LogP contribution in [0.15, 0.2) is 18.2 Å². The first kappa shape index (κ1) is 15.6. The van der Waals surface area contributed by atoms with Gasteiger partial charge in [-0.3, -0.25) is 4.79 Å². The van der Waals surface area contributed by atoms with Crippen molar-refractivity contribution in [2.75, 3.05) is 13.6 Å². The Morgan fingerprint density at radius 2 is 1.81 bits per heavy atom. The summed E-state index contributed by atoms with van der Waals surface area (Å²) in [5.41, 5.74) is -0.00573. The molecule has 0 heterocycles. The van der Waals surface area contributed by atoms with E-state index in [0.717, 1.165) is 32.2 Å². The second-order valence-electron chi connectivity index (χ2n) is 5.65. The van der Waals surface area contributed by atoms with Crippen LogP contribution in [0.2, 0.25) is 0 Å². The van der Waals surface area contributed by atoms with Crippen LogP contribution in [-0.2, 0) is 0 Å². The molecule has 1 aliphatic rings. The summed E-state index contributed by atoms with van der Waals surface area (Å²) >= 11 is 0. The standard InChI is InChI=1S/C16H24N2O3/c1-3-17-11-7-9-12(10-8-11)18(2)16(21)15-13(19)5-4-6-14(15)20/h4-6,11-12,17,19-20H,3,7-10H2,1-2H3. The first-order valence-corrected chi connectivity index (χ1v) is 7.56. The lowest BCUT2D eigenvalue weighted by atomic mass is 9.90. The highest BCUT2D eigenvalue weighted by molar-refractivity contribution is 5.99. The molecule has 116 valence electrons. The number of rotatable bonds is 4. The molecule has 0 aliphatic heterocycles. The average molecular weight is 292 g/mol. The minimum atomic E-state index is -0.322. The number of carbonyl (C=O) groups is 1. The topological polar surface area (TPSA) is 72.8 Å². The molecular formula is C16H24N2O3. The molecule has 1 fully saturated rings. The minimum absolute atomic E-state index is 0.00573. The van der Waals surface area contributed by atoms with Crippen LogP contribution in [0.5, 0.6) is 11.5 Å². The molecule has 0 atom stereocenters. The van der Waals surface area contributed by atoms with Crippen molar-refractivity contribution in [3.05, 3.63) is 23.8 Å². The monoisotopic (exact) mass is 292 g/mol. The van der Waals surface area contributed by atoms with E-state index in [0.29, 0.717) is 6.04 Å². The third kappa shape index (κ3) is 3.47. The van der Waals surface area contributed by atoms with Crippen LogP contribution in [0.25, 0.3) is 0 Å². The summed E-state index contributed by atoms with van der Waals surface area (Å²) < 4.78 is 0. The van der Waals surface area contributed by atoms with E-state index in [1.165, 1.54) is 18.2 Å². The number of hydrogen-bond donors (Lipinski definition) is 3. The molecule has 5 nitrogen and oxygen atoms in total. The molecule has 0 radical (unpaired) electrons. The molecule has 0 unspecified atom stereocenters. The van der Waals surface area contributed by atoms with Gasteiger partial charge in [0.25, 0.3) is 5.91 Å². The molecule has 1 amide bonds. The highest BCUT2D eigenvalue weighted by Crippen LogP contribution is 2.30. The second kappa shape index (κ2) is 6.80. The van der Waals surface area contributed by atoms with E-state index in [4.69, 9.17) is 0 Å². The van der Waals surface area contributed by atoms with Crippen LogP contribution in [0.4, 0.5) is 0 Å². The van der Waals surface area contributed by atoms with Crippen molar-refractivity contribution in [3.8, 4) is 11.5 Å². The number of benzene rings is 1. The van der Waals surface area contributed by atoms with Crippen LogP contribution in [0.3, 0.4) is 0 Å². The Labute approximate surface area is 125 Å². The van der Waals surface area contributed by atoms with Crippen molar-refractivity contribution in [2.45, 2.75) is 44.7 Å². The maximum Gasteiger partial charge on any atom is 0.261 e. The van der Waals surface area contributed by atoms with Crippen molar-refractivity contribution in [2.24, 2.45) is 0 Å². The number of carbonyl (C=O) groups excluding carboxylic acids is 1. The van der Waals surface area contributed by atoms with Crippen LogP contribution in [-0.4, -0.2) is 46.7 Å². The molecule has 0 saturated heterocycles. The van der Waals surface area contributed by atoms with Gasteiger partial charge in [0.2, 0.25) is 0 Å². The van der Waals surface area contributed by atoms with Gasteiger partial charge in [0.15, 0.2) is 0 Å². The third-order valence-electron chi connectivity index (χ3n) is 4.29. The number of nitrogens with zero attached hydrogens (tertiary/aromatic N) is 1. The molecule has 1 saturated carbocycles. The molecule has 3 N–H and O–H groups in total. The van der Waals surface area contributed by atoms with E-state index in [-0.39, 0.29) is 29.0 Å². The van der Waals surface area contributed by atoms with Gasteiger partial charge in [-0.1, -0.05) is 13.0 Å². The maximum atomic E-state index is 12.5. The molecule has 1 aromatic rings. The molecule has 1 aliphatic carbocycles. The number of aromatic hydroxyl groups is 2. The van der Waals surface area contributed by atoms with Gasteiger partial charge in [-0.05, 0) is 44.4 Å². The fourth-order valence-electron chi connectivity index (χ4n) is 3.05. The molecule has 0 spiro atoms. The molecular weight excluding hydrogens is 268 g/mol. The predicted octanol–water partition coefficient (Wildman–Crippen LogP) is 2.09. The average Bonchev–Trinajstić information content (AvgIpc) is 2.47. The maximum absolute atomic E-state index is 12.5. The van der Waals surface area contributed by atoms with Gasteiger partial charge in [-0.2, -0.15) is 0 Å². The summed E-state index contributed by atoms with van der Waals surface area (Å²) in [5, 5.41) is 23.0. The van der Waals surface area contributed by atoms with Gasteiger partial charge < -0.3 is 20.4 Å². The van der Waals surface area contributed by atoms with Gasteiger partial charge in [-0.15, -0.1) is 0 Å². The van der Waals surface area contributed by atoms with Crippen molar-refractivity contribution < 1.29 is 15.0 Å². The largest absolute Gasteiger partial charge is 0.507 e. The number of nitrogens with one attached hydrogen (secondary N) is 1. The first-order valence-electron chi connectivity index (χ1n) is 7.56. The lowest BCUT2D eigenvalue weighted by Gasteiger charge is -2.35. The normalized spacial score (nSPS) is 22.0. The Bertz CT molecular complexity index is 476. The molecule has 1 aromatic carbocycles. The first-order chi connectivity index (χ1) is 10.0. The zero-order valence-electron chi connectivity index (χ0n) is 12.7. The van der Waals surface area contributed by atoms with Crippen LogP contribution in [0, 0.1) is 0 Å². The Kier molecular flexibility index (Phi) is 5.07. The van der Waals surface area contributed by atoms with Crippen LogP contribution in [0.1, 0.15) is 43.0 Å². The van der Waals surface area contributed by atoms with Crippen molar-refractivity contribution >= 4 is 5.91 Å². The highest BCUT2D eigenvalue weighted by atomic mass is 16.3. The van der Waals surface area contributed by atoms with E-state index < -0.39 is 0 Å². The van der Waals surface area contributed by atoms with Crippen molar-refractivity contribution in [3.63, 3.8) is 0 Å². The Morgan fingerprint density at radius 3 is 2.33 bits per heavy atom. The minimum Gasteiger partial charge on any atom is -0.507 e. The van der Waals surface area contributed by atoms with E-state index in [2.05, 4.69) is 12.2 Å². The molecule has 2 rings (SSSR count). The number of phenolic OH excluding ortho intramolecular Hbond substituents is 2. The summed E-state index contributed by atoms with van der Waals surface area (Å²) in [7, 11) is 1.74. The lowest BCUT2D eigenvalue weighted by molar-refractivity contribution is 0.0678. The van der Waals surface area contributed by atoms with Crippen molar-refractivity contribution in [1.29, 1.82) is 0 Å². The summed E-state index contributed by atoms with van der Waals surface area (Å²) in [6.45, 7) is 3.07. The van der Waals surface area contributed by atoms with Gasteiger partial charge in [0.05, 0.1) is 0 Å². The smallest absolute Gasteiger partial charge is 0.261 e. The molecule has 21 heavy (non-hydrogen) atoms. The van der Waals surface area contributed by atoms with Crippen LogP contribution >= 0.6 is 0 Å². The van der Waals surface area contributed by atoms with E-state index in [9.17, 15) is 15.0 Å². The van der Waals surface area contributed by atoms with E-state index in [1.54, 1.807) is 11.9 Å². The quantitative estimate of drug-likeness (QED) is 0.794. The van der Waals surface area contributed by atoms with Gasteiger partial charge >= 0.3 is 0 Å². The molecule has 0 aromatic heterocycles. The van der Waals surface area contributed by atoms with Crippen LogP contribution < -0.4 is 5.32 Å². The second-order valence-corrected chi connectivity index (χ2v) is 5.65. The Balaban J connectivity index is 2.04. The van der Waals surface area contributed by atoms with Gasteiger partial charge in [-0.25, -0.2) is 0 Å². The Morgan fingerprint density at radius 1 is 1.24 bits per heavy atom. The SMILES string of the molecule is CCNC1CCC(N(C)C(=O)c2c(O)cccc2O)CC1. The van der Waals surface area contributed by atoms with E-state index in [1.807, 2.05) is 0 Å². The lowest BCUT2D eigenvalue weighted by Crippen LogP contribution is -2.43. The fourth-order valence-corrected chi connectivity index (χ4v) is 3.05. The number of amides is 1. The summed E-state index contributed by atoms with van der Waals surface area (Å²) in [6, 6.07) is 5.05. The molecule has 5 heteroatoms. The molecule has 0 bridgehead atoms. The van der Waals surface area contributed by atoms with Gasteiger partial charge in [0, 0.05) is 19.1 Å². The zero-order valence-corrected chi connectivity index (χ0v) is 12.7. The van der Waals surface area contributed by atoms with Gasteiger partial charge in [0.1, 0.15) is 17.1 Å². The highest BCUT2D eigenvalue weighted by Gasteiger charge is 2.29. The number of phenols is 2. The summed E-state index contributed by atoms with van der Waals surface area (Å²) in [6.07, 6.45) is 3.97. The predicted molar refractivity (Wildman–Crippen MR) is 81.6 cm³/mol. The Hall–Kier alpha value is -1.75. The third-order valence-corrected chi connectivity index (χ3v) is 4.29. The fraction of sp³-hybridized carbons (Fsp3) is 0.562. The van der Waals surface area contributed by atoms with Crippen molar-refractivity contribution in [1.82, 2.24) is 10.2 Å². The zero-order chi connectivity index (χ0) is 15.4. The number of hydrogen-bond acceptors (Lipinski definition) is 4. The summed E-state index contributed by atoms with van der Waals surface area (Å²) in [4.78, 5) is 14.1. The summed E-state index contributed by atoms with van der Waals surface area (Å²) in [5.74, 6) is -0.668. The van der Waals surface area contributed by atoms with E-state index >= 15 is 0 Å².